The van der Waals surface area contributed by atoms with Crippen LogP contribution in [0.3, 0.4) is 0 Å². The molecule has 4 rings (SSSR count). The predicted molar refractivity (Wildman–Crippen MR) is 144 cm³/mol. The topological polar surface area (TPSA) is 86.2 Å². The monoisotopic (exact) mass is 500 g/mol. The Morgan fingerprint density at radius 3 is 1.92 bits per heavy atom. The van der Waals surface area contributed by atoms with Crippen molar-refractivity contribution in [1.82, 2.24) is 15.2 Å². The van der Waals surface area contributed by atoms with Gasteiger partial charge in [0.2, 0.25) is 11.1 Å². The van der Waals surface area contributed by atoms with Gasteiger partial charge in [0.25, 0.3) is 0 Å². The van der Waals surface area contributed by atoms with Crippen LogP contribution in [0.1, 0.15) is 17.5 Å². The van der Waals surface area contributed by atoms with Crippen molar-refractivity contribution in [3.05, 3.63) is 77.9 Å². The zero-order valence-corrected chi connectivity index (χ0v) is 21.6. The van der Waals surface area contributed by atoms with Crippen molar-refractivity contribution in [2.24, 2.45) is 0 Å². The molecule has 8 heteroatoms. The normalized spacial score (nSPS) is 10.7. The first kappa shape index (κ1) is 25.2. The standard InChI is InChI=1S/C28H28N4O3S/c1-18-6-5-7-19(2)25(18)29-24(33)16-17-36-28-30-26(20-8-12-22(34-3)13-9-20)27(31-32-28)21-10-14-23(35-4)15-11-21/h5-15H,16-17H2,1-4H3,(H,29,33). The number of aryl methyl sites for hydroxylation is 2. The number of nitrogens with zero attached hydrogens (tertiary/aromatic N) is 3. The SMILES string of the molecule is COc1ccc(-c2nnc(SCCC(=O)Nc3c(C)cccc3C)nc2-c2ccc(OC)cc2)cc1. The molecule has 0 aliphatic rings. The molecule has 184 valence electrons. The molecule has 0 bridgehead atoms. The maximum Gasteiger partial charge on any atom is 0.225 e. The molecule has 0 spiro atoms. The number of thioether (sulfide) groups is 1. The summed E-state index contributed by atoms with van der Waals surface area (Å²) in [6.45, 7) is 3.98. The summed E-state index contributed by atoms with van der Waals surface area (Å²) in [4.78, 5) is 17.4. The Labute approximate surface area is 215 Å². The second kappa shape index (κ2) is 11.7. The number of aromatic nitrogens is 3. The number of hydrogen-bond donors (Lipinski definition) is 1. The zero-order valence-electron chi connectivity index (χ0n) is 20.7. The fourth-order valence-corrected chi connectivity index (χ4v) is 4.44. The van der Waals surface area contributed by atoms with E-state index in [4.69, 9.17) is 14.5 Å². The number of carbonyl (C=O) groups is 1. The summed E-state index contributed by atoms with van der Waals surface area (Å²) < 4.78 is 10.6. The van der Waals surface area contributed by atoms with E-state index >= 15 is 0 Å². The highest BCUT2D eigenvalue weighted by atomic mass is 32.2. The van der Waals surface area contributed by atoms with E-state index in [9.17, 15) is 4.79 Å². The lowest BCUT2D eigenvalue weighted by Gasteiger charge is -2.12. The molecule has 4 aromatic rings. The van der Waals surface area contributed by atoms with Gasteiger partial charge in [-0.3, -0.25) is 4.79 Å². The maximum absolute atomic E-state index is 12.5. The number of methoxy groups -OCH3 is 2. The van der Waals surface area contributed by atoms with Crippen molar-refractivity contribution in [2.75, 3.05) is 25.3 Å². The smallest absolute Gasteiger partial charge is 0.225 e. The van der Waals surface area contributed by atoms with Crippen molar-refractivity contribution in [2.45, 2.75) is 25.4 Å². The van der Waals surface area contributed by atoms with E-state index in [1.54, 1.807) is 14.2 Å². The van der Waals surface area contributed by atoms with Gasteiger partial charge < -0.3 is 14.8 Å². The van der Waals surface area contributed by atoms with E-state index < -0.39 is 0 Å². The van der Waals surface area contributed by atoms with Crippen molar-refractivity contribution < 1.29 is 14.3 Å². The minimum Gasteiger partial charge on any atom is -0.497 e. The van der Waals surface area contributed by atoms with E-state index in [0.29, 0.717) is 28.7 Å². The molecule has 1 aromatic heterocycles. The molecule has 1 N–H and O–H groups in total. The minimum absolute atomic E-state index is 0.0434. The lowest BCUT2D eigenvalue weighted by molar-refractivity contribution is -0.115. The fourth-order valence-electron chi connectivity index (χ4n) is 3.71. The Hall–Kier alpha value is -3.91. The van der Waals surface area contributed by atoms with Gasteiger partial charge in [0.1, 0.15) is 22.9 Å². The number of benzene rings is 3. The summed E-state index contributed by atoms with van der Waals surface area (Å²) in [5, 5.41) is 12.4. The summed E-state index contributed by atoms with van der Waals surface area (Å²) >= 11 is 1.40. The molecule has 0 unspecified atom stereocenters. The second-order valence-corrected chi connectivity index (χ2v) is 9.22. The molecular formula is C28H28N4O3S. The van der Waals surface area contributed by atoms with Crippen molar-refractivity contribution in [3.8, 4) is 34.0 Å². The molecule has 0 aliphatic heterocycles. The van der Waals surface area contributed by atoms with E-state index in [1.807, 2.05) is 80.6 Å². The molecule has 7 nitrogen and oxygen atoms in total. The van der Waals surface area contributed by atoms with Gasteiger partial charge in [-0.2, -0.15) is 0 Å². The van der Waals surface area contributed by atoms with E-state index in [-0.39, 0.29) is 5.91 Å². The van der Waals surface area contributed by atoms with Crippen LogP contribution in [-0.2, 0) is 4.79 Å². The third kappa shape index (κ3) is 6.01. The Kier molecular flexibility index (Phi) is 8.17. The minimum atomic E-state index is -0.0434. The highest BCUT2D eigenvalue weighted by Crippen LogP contribution is 2.32. The molecule has 0 saturated heterocycles. The number of carbonyl (C=O) groups excluding carboxylic acids is 1. The average Bonchev–Trinajstić information content (AvgIpc) is 2.91. The number of anilines is 1. The first-order chi connectivity index (χ1) is 17.5. The van der Waals surface area contributed by atoms with Gasteiger partial charge >= 0.3 is 0 Å². The van der Waals surface area contributed by atoms with Crippen molar-refractivity contribution in [1.29, 1.82) is 0 Å². The summed E-state index contributed by atoms with van der Waals surface area (Å²) in [6.07, 6.45) is 0.333. The Balaban J connectivity index is 1.52. The highest BCUT2D eigenvalue weighted by molar-refractivity contribution is 7.99. The lowest BCUT2D eigenvalue weighted by atomic mass is 10.0. The Bertz CT molecular complexity index is 1320. The third-order valence-electron chi connectivity index (χ3n) is 5.70. The molecule has 1 amide bonds. The molecule has 36 heavy (non-hydrogen) atoms. The summed E-state index contributed by atoms with van der Waals surface area (Å²) in [7, 11) is 3.27. The number of rotatable bonds is 9. The van der Waals surface area contributed by atoms with Gasteiger partial charge in [-0.25, -0.2) is 4.98 Å². The molecule has 0 fully saturated rings. The number of nitrogens with one attached hydrogen (secondary N) is 1. The molecule has 0 saturated carbocycles. The molecule has 0 aliphatic carbocycles. The van der Waals surface area contributed by atoms with Crippen LogP contribution in [0.2, 0.25) is 0 Å². The second-order valence-electron chi connectivity index (χ2n) is 8.16. The van der Waals surface area contributed by atoms with E-state index in [0.717, 1.165) is 39.4 Å². The Morgan fingerprint density at radius 2 is 1.36 bits per heavy atom. The van der Waals surface area contributed by atoms with Gasteiger partial charge in [0.05, 0.1) is 14.2 Å². The number of para-hydroxylation sites is 1. The van der Waals surface area contributed by atoms with Crippen LogP contribution in [0.25, 0.3) is 22.5 Å². The highest BCUT2D eigenvalue weighted by Gasteiger charge is 2.15. The first-order valence-corrected chi connectivity index (χ1v) is 12.5. The van der Waals surface area contributed by atoms with Crippen LogP contribution >= 0.6 is 11.8 Å². The third-order valence-corrected chi connectivity index (χ3v) is 6.54. The van der Waals surface area contributed by atoms with Gasteiger partial charge in [-0.15, -0.1) is 10.2 Å². The molecule has 0 radical (unpaired) electrons. The molecular weight excluding hydrogens is 472 g/mol. The quantitative estimate of drug-likeness (QED) is 0.284. The van der Waals surface area contributed by atoms with Crippen molar-refractivity contribution in [3.63, 3.8) is 0 Å². The number of ether oxygens (including phenoxy) is 2. The molecule has 1 heterocycles. The summed E-state index contributed by atoms with van der Waals surface area (Å²) in [6, 6.07) is 21.3. The Morgan fingerprint density at radius 1 is 0.806 bits per heavy atom. The predicted octanol–water partition coefficient (Wildman–Crippen LogP) is 5.96. The van der Waals surface area contributed by atoms with Gasteiger partial charge in [-0.1, -0.05) is 30.0 Å². The van der Waals surface area contributed by atoms with Crippen LogP contribution in [0.15, 0.2) is 71.9 Å². The number of amides is 1. The summed E-state index contributed by atoms with van der Waals surface area (Å²) in [5.74, 6) is 2.01. The van der Waals surface area contributed by atoms with Crippen LogP contribution in [0, 0.1) is 13.8 Å². The van der Waals surface area contributed by atoms with Crippen molar-refractivity contribution >= 4 is 23.4 Å². The largest absolute Gasteiger partial charge is 0.497 e. The molecule has 0 atom stereocenters. The van der Waals surface area contributed by atoms with Crippen LogP contribution in [0.4, 0.5) is 5.69 Å². The van der Waals surface area contributed by atoms with Gasteiger partial charge in [-0.05, 0) is 73.5 Å². The van der Waals surface area contributed by atoms with E-state index in [1.165, 1.54) is 11.8 Å². The molecule has 3 aromatic carbocycles. The fraction of sp³-hybridized carbons (Fsp3) is 0.214. The van der Waals surface area contributed by atoms with Gasteiger partial charge in [0.15, 0.2) is 0 Å². The zero-order chi connectivity index (χ0) is 25.5. The maximum atomic E-state index is 12.5. The van der Waals surface area contributed by atoms with Crippen LogP contribution in [0.5, 0.6) is 11.5 Å². The average molecular weight is 501 g/mol. The number of hydrogen-bond acceptors (Lipinski definition) is 7. The lowest BCUT2D eigenvalue weighted by Crippen LogP contribution is -2.14. The van der Waals surface area contributed by atoms with Gasteiger partial charge in [0, 0.05) is 29.0 Å². The first-order valence-electron chi connectivity index (χ1n) is 11.5. The summed E-state index contributed by atoms with van der Waals surface area (Å²) in [5.41, 5.74) is 6.11. The van der Waals surface area contributed by atoms with Crippen LogP contribution < -0.4 is 14.8 Å². The van der Waals surface area contributed by atoms with E-state index in [2.05, 4.69) is 15.5 Å². The van der Waals surface area contributed by atoms with Crippen LogP contribution in [-0.4, -0.2) is 41.1 Å².